The molecule has 1 heterocycles. The Hall–Kier alpha value is -2.04. The maximum atomic E-state index is 11.8. The zero-order valence-corrected chi connectivity index (χ0v) is 8.86. The number of aryl methyl sites for hydroxylation is 2. The molecule has 0 aliphatic carbocycles. The number of nitrogens with zero attached hydrogens (tertiary/aromatic N) is 1. The quantitative estimate of drug-likeness (QED) is 0.806. The van der Waals surface area contributed by atoms with Crippen LogP contribution < -0.4 is 5.56 Å². The summed E-state index contributed by atoms with van der Waals surface area (Å²) in [5.74, 6) is -0.857. The molecule has 0 aliphatic heterocycles. The van der Waals surface area contributed by atoms with Crippen LogP contribution in [0.3, 0.4) is 0 Å². The third kappa shape index (κ3) is 1.71. The van der Waals surface area contributed by atoms with Gasteiger partial charge in [-0.2, -0.15) is 0 Å². The fraction of sp³-hybridized carbons (Fsp3) is 0.273. The smallest absolute Gasteiger partial charge is 0.303 e. The van der Waals surface area contributed by atoms with Crippen molar-refractivity contribution in [3.05, 3.63) is 34.1 Å². The molecular formula is C11H12N2O3. The Morgan fingerprint density at radius 3 is 2.94 bits per heavy atom. The molecule has 0 spiro atoms. The number of nitrogens with one attached hydrogen (secondary N) is 1. The number of carboxylic acids is 1. The standard InChI is InChI=1S/C11H12N2O3/c1-13-11(16)10-7(5-6-9(14)15)3-2-4-8(10)12-13/h2-4,12H,5-6H2,1H3,(H,14,15). The van der Waals surface area contributed by atoms with Crippen molar-refractivity contribution >= 4 is 16.9 Å². The number of hydrogen-bond acceptors (Lipinski definition) is 2. The van der Waals surface area contributed by atoms with E-state index in [9.17, 15) is 9.59 Å². The lowest BCUT2D eigenvalue weighted by atomic mass is 10.1. The number of benzene rings is 1. The second kappa shape index (κ2) is 3.84. The number of hydrogen-bond donors (Lipinski definition) is 2. The molecule has 2 rings (SSSR count). The Kier molecular flexibility index (Phi) is 2.52. The van der Waals surface area contributed by atoms with Gasteiger partial charge in [-0.15, -0.1) is 0 Å². The summed E-state index contributed by atoms with van der Waals surface area (Å²) in [5.41, 5.74) is 1.41. The molecule has 0 aliphatic rings. The highest BCUT2D eigenvalue weighted by atomic mass is 16.4. The summed E-state index contributed by atoms with van der Waals surface area (Å²) in [6.07, 6.45) is 0.410. The average Bonchev–Trinajstić information content (AvgIpc) is 2.52. The zero-order valence-electron chi connectivity index (χ0n) is 8.86. The fourth-order valence-corrected chi connectivity index (χ4v) is 1.79. The van der Waals surface area contributed by atoms with E-state index in [-0.39, 0.29) is 12.0 Å². The summed E-state index contributed by atoms with van der Waals surface area (Å²) in [4.78, 5) is 22.3. The van der Waals surface area contributed by atoms with Gasteiger partial charge < -0.3 is 5.11 Å². The number of aromatic amines is 1. The highest BCUT2D eigenvalue weighted by molar-refractivity contribution is 5.82. The van der Waals surface area contributed by atoms with Gasteiger partial charge in [0.1, 0.15) is 0 Å². The highest BCUT2D eigenvalue weighted by Gasteiger charge is 2.09. The van der Waals surface area contributed by atoms with Crippen molar-refractivity contribution < 1.29 is 9.90 Å². The van der Waals surface area contributed by atoms with Crippen LogP contribution in [0.4, 0.5) is 0 Å². The van der Waals surface area contributed by atoms with Gasteiger partial charge in [0.25, 0.3) is 5.56 Å². The minimum atomic E-state index is -0.857. The van der Waals surface area contributed by atoms with E-state index in [1.54, 1.807) is 19.2 Å². The van der Waals surface area contributed by atoms with Crippen molar-refractivity contribution in [2.24, 2.45) is 7.05 Å². The van der Waals surface area contributed by atoms with Crippen LogP contribution in [0.25, 0.3) is 10.9 Å². The molecule has 2 N–H and O–H groups in total. The summed E-state index contributed by atoms with van der Waals surface area (Å²) >= 11 is 0. The molecule has 0 radical (unpaired) electrons. The Bertz CT molecular complexity index is 595. The van der Waals surface area contributed by atoms with Crippen molar-refractivity contribution in [3.63, 3.8) is 0 Å². The fourth-order valence-electron chi connectivity index (χ4n) is 1.79. The third-order valence-corrected chi connectivity index (χ3v) is 2.57. The molecular weight excluding hydrogens is 208 g/mol. The number of H-pyrrole nitrogens is 1. The van der Waals surface area contributed by atoms with Crippen molar-refractivity contribution in [3.8, 4) is 0 Å². The highest BCUT2D eigenvalue weighted by Crippen LogP contribution is 2.14. The van der Waals surface area contributed by atoms with Gasteiger partial charge in [-0.1, -0.05) is 12.1 Å². The van der Waals surface area contributed by atoms with E-state index in [1.165, 1.54) is 4.68 Å². The number of carboxylic acid groups (broad SMARTS) is 1. The van der Waals surface area contributed by atoms with Gasteiger partial charge in [-0.3, -0.25) is 19.4 Å². The number of aliphatic carboxylic acids is 1. The minimum Gasteiger partial charge on any atom is -0.481 e. The SMILES string of the molecule is Cn1[nH]c2cccc(CCC(=O)O)c2c1=O. The Labute approximate surface area is 91.3 Å². The summed E-state index contributed by atoms with van der Waals surface area (Å²) < 4.78 is 1.40. The van der Waals surface area contributed by atoms with E-state index in [0.29, 0.717) is 11.8 Å². The molecule has 0 amide bonds. The van der Waals surface area contributed by atoms with E-state index >= 15 is 0 Å². The molecule has 0 atom stereocenters. The minimum absolute atomic E-state index is 0.0352. The first kappa shape index (κ1) is 10.5. The monoisotopic (exact) mass is 220 g/mol. The van der Waals surface area contributed by atoms with Gasteiger partial charge in [0.05, 0.1) is 10.9 Å². The number of fused-ring (bicyclic) bond motifs is 1. The molecule has 84 valence electrons. The van der Waals surface area contributed by atoms with Crippen molar-refractivity contribution in [1.82, 2.24) is 9.78 Å². The van der Waals surface area contributed by atoms with E-state index in [0.717, 1.165) is 11.1 Å². The van der Waals surface area contributed by atoms with Crippen LogP contribution in [0, 0.1) is 0 Å². The maximum absolute atomic E-state index is 11.8. The molecule has 1 aromatic heterocycles. The van der Waals surface area contributed by atoms with Crippen LogP contribution in [0.15, 0.2) is 23.0 Å². The van der Waals surface area contributed by atoms with Crippen LogP contribution >= 0.6 is 0 Å². The Balaban J connectivity index is 2.52. The summed E-state index contributed by atoms with van der Waals surface area (Å²) in [5, 5.41) is 12.1. The normalized spacial score (nSPS) is 10.8. The molecule has 0 saturated heterocycles. The second-order valence-corrected chi connectivity index (χ2v) is 3.71. The predicted molar refractivity (Wildman–Crippen MR) is 59.5 cm³/mol. The molecule has 0 unspecified atom stereocenters. The van der Waals surface area contributed by atoms with Crippen LogP contribution in [0.5, 0.6) is 0 Å². The number of aromatic nitrogens is 2. The second-order valence-electron chi connectivity index (χ2n) is 3.71. The van der Waals surface area contributed by atoms with Crippen LogP contribution in [0.2, 0.25) is 0 Å². The van der Waals surface area contributed by atoms with Gasteiger partial charge >= 0.3 is 5.97 Å². The zero-order chi connectivity index (χ0) is 11.7. The van der Waals surface area contributed by atoms with Crippen LogP contribution in [-0.4, -0.2) is 20.9 Å². The lowest BCUT2D eigenvalue weighted by Gasteiger charge is -1.98. The first-order valence-corrected chi connectivity index (χ1v) is 4.98. The molecule has 0 saturated carbocycles. The van der Waals surface area contributed by atoms with E-state index in [2.05, 4.69) is 5.10 Å². The van der Waals surface area contributed by atoms with Gasteiger partial charge in [0, 0.05) is 13.5 Å². The van der Waals surface area contributed by atoms with Crippen molar-refractivity contribution in [2.45, 2.75) is 12.8 Å². The first-order valence-electron chi connectivity index (χ1n) is 4.98. The van der Waals surface area contributed by atoms with E-state index < -0.39 is 5.97 Å². The van der Waals surface area contributed by atoms with E-state index in [4.69, 9.17) is 5.11 Å². The first-order chi connectivity index (χ1) is 7.59. The molecule has 1 aromatic carbocycles. The van der Waals surface area contributed by atoms with Gasteiger partial charge in [0.15, 0.2) is 0 Å². The van der Waals surface area contributed by atoms with Gasteiger partial charge in [0.2, 0.25) is 0 Å². The third-order valence-electron chi connectivity index (χ3n) is 2.57. The Morgan fingerprint density at radius 1 is 1.50 bits per heavy atom. The van der Waals surface area contributed by atoms with Gasteiger partial charge in [-0.05, 0) is 18.1 Å². The molecule has 5 nitrogen and oxygen atoms in total. The van der Waals surface area contributed by atoms with Crippen LogP contribution in [-0.2, 0) is 18.3 Å². The summed E-state index contributed by atoms with van der Waals surface area (Å²) in [6.45, 7) is 0. The van der Waals surface area contributed by atoms with Gasteiger partial charge in [-0.25, -0.2) is 0 Å². The number of rotatable bonds is 3. The summed E-state index contributed by atoms with van der Waals surface area (Å²) in [7, 11) is 1.64. The largest absolute Gasteiger partial charge is 0.481 e. The predicted octanol–water partition coefficient (Wildman–Crippen LogP) is 0.884. The molecule has 5 heteroatoms. The maximum Gasteiger partial charge on any atom is 0.303 e. The van der Waals surface area contributed by atoms with E-state index in [1.807, 2.05) is 6.07 Å². The molecule has 2 aromatic rings. The summed E-state index contributed by atoms with van der Waals surface area (Å²) in [6, 6.07) is 5.41. The molecule has 0 bridgehead atoms. The van der Waals surface area contributed by atoms with Crippen molar-refractivity contribution in [2.75, 3.05) is 0 Å². The van der Waals surface area contributed by atoms with Crippen molar-refractivity contribution in [1.29, 1.82) is 0 Å². The molecule has 0 fully saturated rings. The van der Waals surface area contributed by atoms with Crippen LogP contribution in [0.1, 0.15) is 12.0 Å². The molecule has 16 heavy (non-hydrogen) atoms. The number of carbonyl (C=O) groups is 1. The average molecular weight is 220 g/mol. The topological polar surface area (TPSA) is 75.1 Å². The lowest BCUT2D eigenvalue weighted by molar-refractivity contribution is -0.136. The lowest BCUT2D eigenvalue weighted by Crippen LogP contribution is -2.12. The Morgan fingerprint density at radius 2 is 2.25 bits per heavy atom.